The molecule has 0 atom stereocenters. The molecule has 8 nitrogen and oxygen atoms in total. The largest absolute Gasteiger partial charge is 0.490 e. The molecule has 0 saturated heterocycles. The van der Waals surface area contributed by atoms with E-state index in [1.165, 1.54) is 6.21 Å². The highest BCUT2D eigenvalue weighted by atomic mass is 79.9. The molecule has 11 heteroatoms. The van der Waals surface area contributed by atoms with Gasteiger partial charge in [0.2, 0.25) is 0 Å². The molecule has 3 aromatic rings. The Bertz CT molecular complexity index is 1210. The number of nitrogens with zero attached hydrogens (tertiary/aromatic N) is 1. The van der Waals surface area contributed by atoms with E-state index in [-0.39, 0.29) is 19.0 Å². The van der Waals surface area contributed by atoms with Crippen LogP contribution in [0.25, 0.3) is 11.0 Å². The Kier molecular flexibility index (Phi) is 8.93. The van der Waals surface area contributed by atoms with E-state index in [0.717, 1.165) is 14.3 Å². The second-order valence-corrected chi connectivity index (χ2v) is 9.10. The Morgan fingerprint density at radius 1 is 1.03 bits per heavy atom. The van der Waals surface area contributed by atoms with Crippen molar-refractivity contribution in [2.45, 2.75) is 13.8 Å². The highest BCUT2D eigenvalue weighted by Gasteiger charge is 2.16. The lowest BCUT2D eigenvalue weighted by Crippen LogP contribution is -2.17. The number of fused-ring (bicyclic) bond motifs is 1. The number of hydrazone groups is 1. The molecule has 1 N–H and O–H groups in total. The van der Waals surface area contributed by atoms with E-state index >= 15 is 0 Å². The summed E-state index contributed by atoms with van der Waals surface area (Å²) in [4.78, 5) is 24.1. The lowest BCUT2D eigenvalue weighted by Gasteiger charge is -2.14. The first-order valence-electron chi connectivity index (χ1n) is 9.79. The SMILES string of the molecule is CCOC(=O)COc1c(Br)cc(/C=N\NC(=O)c2cc3cc(Br)cc(Br)c3o2)cc1OCC. The summed E-state index contributed by atoms with van der Waals surface area (Å²) in [5.74, 6) is -0.0734. The molecule has 1 heterocycles. The van der Waals surface area contributed by atoms with Crippen molar-refractivity contribution in [1.82, 2.24) is 5.43 Å². The summed E-state index contributed by atoms with van der Waals surface area (Å²) in [6.07, 6.45) is 1.45. The van der Waals surface area contributed by atoms with Gasteiger partial charge in [-0.1, -0.05) is 15.9 Å². The van der Waals surface area contributed by atoms with Gasteiger partial charge in [-0.3, -0.25) is 4.79 Å². The number of nitrogens with one attached hydrogen (secondary N) is 1. The topological polar surface area (TPSA) is 99.4 Å². The molecule has 1 aromatic heterocycles. The number of halogens is 3. The summed E-state index contributed by atoms with van der Waals surface area (Å²) >= 11 is 10.2. The van der Waals surface area contributed by atoms with Crippen LogP contribution >= 0.6 is 47.8 Å². The number of ether oxygens (including phenoxy) is 3. The molecule has 0 fully saturated rings. The maximum Gasteiger partial charge on any atom is 0.344 e. The molecule has 33 heavy (non-hydrogen) atoms. The van der Waals surface area contributed by atoms with E-state index in [0.29, 0.717) is 33.7 Å². The van der Waals surface area contributed by atoms with Crippen molar-refractivity contribution >= 4 is 76.9 Å². The fourth-order valence-electron chi connectivity index (χ4n) is 2.81. The highest BCUT2D eigenvalue weighted by Crippen LogP contribution is 2.36. The number of benzene rings is 2. The number of carbonyl (C=O) groups is 2. The first-order chi connectivity index (χ1) is 15.8. The van der Waals surface area contributed by atoms with Crippen molar-refractivity contribution in [3.63, 3.8) is 0 Å². The van der Waals surface area contributed by atoms with Crippen molar-refractivity contribution in [2.75, 3.05) is 19.8 Å². The number of hydrogen-bond acceptors (Lipinski definition) is 7. The summed E-state index contributed by atoms with van der Waals surface area (Å²) in [6.45, 7) is 3.95. The van der Waals surface area contributed by atoms with E-state index in [1.807, 2.05) is 19.1 Å². The van der Waals surface area contributed by atoms with Crippen LogP contribution in [0, 0.1) is 0 Å². The predicted octanol–water partition coefficient (Wildman–Crippen LogP) is 5.82. The van der Waals surface area contributed by atoms with Gasteiger partial charge in [0.15, 0.2) is 23.9 Å². The number of esters is 1. The zero-order valence-corrected chi connectivity index (χ0v) is 22.4. The van der Waals surface area contributed by atoms with Gasteiger partial charge in [-0.15, -0.1) is 0 Å². The van der Waals surface area contributed by atoms with E-state index in [1.54, 1.807) is 25.1 Å². The third-order valence-corrected chi connectivity index (χ3v) is 5.75. The zero-order valence-electron chi connectivity index (χ0n) is 17.6. The Morgan fingerprint density at radius 2 is 1.82 bits per heavy atom. The molecule has 0 bridgehead atoms. The van der Waals surface area contributed by atoms with Gasteiger partial charge < -0.3 is 18.6 Å². The van der Waals surface area contributed by atoms with Crippen LogP contribution in [0.3, 0.4) is 0 Å². The van der Waals surface area contributed by atoms with Gasteiger partial charge in [-0.25, -0.2) is 10.2 Å². The van der Waals surface area contributed by atoms with Gasteiger partial charge in [0.1, 0.15) is 5.58 Å². The summed E-state index contributed by atoms with van der Waals surface area (Å²) in [5, 5.41) is 4.77. The molecule has 2 aromatic carbocycles. The Morgan fingerprint density at radius 3 is 2.55 bits per heavy atom. The first kappa shape index (κ1) is 25.3. The number of amides is 1. The molecule has 0 radical (unpaired) electrons. The normalized spacial score (nSPS) is 11.1. The number of furan rings is 1. The van der Waals surface area contributed by atoms with Gasteiger partial charge >= 0.3 is 11.9 Å². The first-order valence-corrected chi connectivity index (χ1v) is 12.2. The van der Waals surface area contributed by atoms with E-state index in [9.17, 15) is 9.59 Å². The van der Waals surface area contributed by atoms with Crippen molar-refractivity contribution in [3.8, 4) is 11.5 Å². The number of hydrogen-bond donors (Lipinski definition) is 1. The Balaban J connectivity index is 1.73. The average Bonchev–Trinajstić information content (AvgIpc) is 3.18. The highest BCUT2D eigenvalue weighted by molar-refractivity contribution is 9.11. The molecule has 0 spiro atoms. The number of carbonyl (C=O) groups excluding carboxylic acids is 2. The summed E-state index contributed by atoms with van der Waals surface area (Å²) in [5.41, 5.74) is 3.64. The summed E-state index contributed by atoms with van der Waals surface area (Å²) < 4.78 is 23.8. The molecule has 0 aliphatic heterocycles. The molecular formula is C22H19Br3N2O6. The summed E-state index contributed by atoms with van der Waals surface area (Å²) in [7, 11) is 0. The molecule has 1 amide bonds. The molecular weight excluding hydrogens is 628 g/mol. The van der Waals surface area contributed by atoms with Crippen LogP contribution in [0.1, 0.15) is 30.0 Å². The van der Waals surface area contributed by atoms with E-state index in [4.69, 9.17) is 18.6 Å². The van der Waals surface area contributed by atoms with Crippen LogP contribution < -0.4 is 14.9 Å². The van der Waals surface area contributed by atoms with Crippen molar-refractivity contribution in [2.24, 2.45) is 5.10 Å². The maximum absolute atomic E-state index is 12.5. The Hall–Kier alpha value is -2.37. The second kappa shape index (κ2) is 11.7. The smallest absolute Gasteiger partial charge is 0.344 e. The molecule has 0 saturated carbocycles. The Labute approximate surface area is 215 Å². The second-order valence-electron chi connectivity index (χ2n) is 6.47. The lowest BCUT2D eigenvalue weighted by atomic mass is 10.2. The van der Waals surface area contributed by atoms with Crippen molar-refractivity contribution < 1.29 is 28.2 Å². The van der Waals surface area contributed by atoms with Crippen LogP contribution in [0.4, 0.5) is 0 Å². The van der Waals surface area contributed by atoms with Crippen LogP contribution in [-0.4, -0.2) is 37.9 Å². The minimum absolute atomic E-state index is 0.125. The average molecular weight is 647 g/mol. The van der Waals surface area contributed by atoms with Crippen LogP contribution in [0.15, 0.2) is 53.3 Å². The zero-order chi connectivity index (χ0) is 24.0. The minimum atomic E-state index is -0.496. The quantitative estimate of drug-likeness (QED) is 0.179. The molecule has 174 valence electrons. The fourth-order valence-corrected chi connectivity index (χ4v) is 4.72. The maximum atomic E-state index is 12.5. The van der Waals surface area contributed by atoms with Gasteiger partial charge in [-0.05, 0) is 81.6 Å². The van der Waals surface area contributed by atoms with Crippen molar-refractivity contribution in [1.29, 1.82) is 0 Å². The molecule has 0 aliphatic carbocycles. The standard InChI is InChI=1S/C22H19Br3N2O6/c1-3-30-17-6-12(5-15(24)21(17)32-11-19(28)31-4-2)10-26-27-22(29)18-8-13-7-14(23)9-16(25)20(13)33-18/h5-10H,3-4,11H2,1-2H3,(H,27,29)/b26-10-. The van der Waals surface area contributed by atoms with Gasteiger partial charge in [0.05, 0.1) is 28.4 Å². The predicted molar refractivity (Wildman–Crippen MR) is 134 cm³/mol. The van der Waals surface area contributed by atoms with Crippen LogP contribution in [-0.2, 0) is 9.53 Å². The van der Waals surface area contributed by atoms with Gasteiger partial charge in [0.25, 0.3) is 0 Å². The summed E-state index contributed by atoms with van der Waals surface area (Å²) in [6, 6.07) is 8.71. The fraction of sp³-hybridized carbons (Fsp3) is 0.227. The van der Waals surface area contributed by atoms with E-state index < -0.39 is 11.9 Å². The third kappa shape index (κ3) is 6.58. The van der Waals surface area contributed by atoms with Crippen LogP contribution in [0.2, 0.25) is 0 Å². The van der Waals surface area contributed by atoms with Crippen LogP contribution in [0.5, 0.6) is 11.5 Å². The number of rotatable bonds is 9. The van der Waals surface area contributed by atoms with Gasteiger partial charge in [0, 0.05) is 9.86 Å². The van der Waals surface area contributed by atoms with E-state index in [2.05, 4.69) is 58.3 Å². The lowest BCUT2D eigenvalue weighted by molar-refractivity contribution is -0.145. The molecule has 3 rings (SSSR count). The van der Waals surface area contributed by atoms with Gasteiger partial charge in [-0.2, -0.15) is 5.10 Å². The van der Waals surface area contributed by atoms with Crippen molar-refractivity contribution in [3.05, 3.63) is 55.1 Å². The minimum Gasteiger partial charge on any atom is -0.490 e. The molecule has 0 unspecified atom stereocenters. The third-order valence-electron chi connectivity index (χ3n) is 4.11. The monoisotopic (exact) mass is 644 g/mol. The molecule has 0 aliphatic rings.